The van der Waals surface area contributed by atoms with Crippen LogP contribution in [0.25, 0.3) is 0 Å². The average molecular weight is 287 g/mol. The second-order valence-electron chi connectivity index (χ2n) is 5.79. The molecule has 0 bridgehead atoms. The van der Waals surface area contributed by atoms with Crippen molar-refractivity contribution in [3.8, 4) is 0 Å². The van der Waals surface area contributed by atoms with Crippen LogP contribution in [0.4, 0.5) is 10.5 Å². The Balaban J connectivity index is 1.80. The Kier molecular flexibility index (Phi) is 3.82. The largest absolute Gasteiger partial charge is 0.341 e. The molecule has 0 aliphatic carbocycles. The predicted molar refractivity (Wildman–Crippen MR) is 81.1 cm³/mol. The first-order chi connectivity index (χ1) is 10.2. The van der Waals surface area contributed by atoms with Crippen LogP contribution in [-0.2, 0) is 11.3 Å². The number of para-hydroxylation sites is 1. The van der Waals surface area contributed by atoms with E-state index in [9.17, 15) is 9.59 Å². The summed E-state index contributed by atoms with van der Waals surface area (Å²) in [5.74, 6) is 0.0492. The van der Waals surface area contributed by atoms with Gasteiger partial charge in [0.25, 0.3) is 0 Å². The zero-order chi connectivity index (χ0) is 14.8. The van der Waals surface area contributed by atoms with Crippen molar-refractivity contribution in [1.29, 1.82) is 0 Å². The minimum absolute atomic E-state index is 0.0492. The lowest BCUT2D eigenvalue weighted by molar-refractivity contribution is -0.130. The SMILES string of the molecule is CN1Cc2ccccc2N(CC(=O)N2CCCCC2)C1=O. The first-order valence-electron chi connectivity index (χ1n) is 7.55. The molecule has 0 atom stereocenters. The second-order valence-corrected chi connectivity index (χ2v) is 5.79. The Labute approximate surface area is 125 Å². The first-order valence-corrected chi connectivity index (χ1v) is 7.55. The van der Waals surface area contributed by atoms with E-state index in [4.69, 9.17) is 0 Å². The molecular formula is C16H21N3O2. The summed E-state index contributed by atoms with van der Waals surface area (Å²) < 4.78 is 0. The van der Waals surface area contributed by atoms with Crippen LogP contribution in [0, 0.1) is 0 Å². The highest BCUT2D eigenvalue weighted by molar-refractivity contribution is 5.99. The summed E-state index contributed by atoms with van der Waals surface area (Å²) in [4.78, 5) is 30.0. The lowest BCUT2D eigenvalue weighted by Gasteiger charge is -2.36. The lowest BCUT2D eigenvalue weighted by atomic mass is 10.1. The number of fused-ring (bicyclic) bond motifs is 1. The van der Waals surface area contributed by atoms with Crippen LogP contribution in [0.15, 0.2) is 24.3 Å². The van der Waals surface area contributed by atoms with Crippen LogP contribution in [0.2, 0.25) is 0 Å². The Morgan fingerprint density at radius 3 is 2.62 bits per heavy atom. The van der Waals surface area contributed by atoms with Gasteiger partial charge in [-0.15, -0.1) is 0 Å². The van der Waals surface area contributed by atoms with Crippen molar-refractivity contribution in [3.05, 3.63) is 29.8 Å². The van der Waals surface area contributed by atoms with Gasteiger partial charge in [0, 0.05) is 26.7 Å². The topological polar surface area (TPSA) is 43.9 Å². The van der Waals surface area contributed by atoms with Gasteiger partial charge >= 0.3 is 6.03 Å². The lowest BCUT2D eigenvalue weighted by Crippen LogP contribution is -2.50. The zero-order valence-corrected chi connectivity index (χ0v) is 12.4. The van der Waals surface area contributed by atoms with E-state index in [0.717, 1.165) is 37.2 Å². The molecular weight excluding hydrogens is 266 g/mol. The molecule has 2 aliphatic rings. The minimum atomic E-state index is -0.0981. The fourth-order valence-corrected chi connectivity index (χ4v) is 3.07. The average Bonchev–Trinajstić information content (AvgIpc) is 2.52. The van der Waals surface area contributed by atoms with Crippen LogP contribution >= 0.6 is 0 Å². The highest BCUT2D eigenvalue weighted by Crippen LogP contribution is 2.27. The fraction of sp³-hybridized carbons (Fsp3) is 0.500. The number of anilines is 1. The molecule has 0 saturated carbocycles. The molecule has 1 aromatic rings. The van der Waals surface area contributed by atoms with Crippen molar-refractivity contribution >= 4 is 17.6 Å². The van der Waals surface area contributed by atoms with E-state index >= 15 is 0 Å². The van der Waals surface area contributed by atoms with Gasteiger partial charge in [-0.3, -0.25) is 9.69 Å². The van der Waals surface area contributed by atoms with Crippen molar-refractivity contribution in [1.82, 2.24) is 9.80 Å². The van der Waals surface area contributed by atoms with Gasteiger partial charge in [-0.05, 0) is 30.9 Å². The molecule has 21 heavy (non-hydrogen) atoms. The Hall–Kier alpha value is -2.04. The van der Waals surface area contributed by atoms with Crippen LogP contribution in [0.1, 0.15) is 24.8 Å². The van der Waals surface area contributed by atoms with E-state index in [-0.39, 0.29) is 18.5 Å². The third-order valence-corrected chi connectivity index (χ3v) is 4.25. The number of hydrogen-bond acceptors (Lipinski definition) is 2. The molecule has 1 saturated heterocycles. The molecule has 5 nitrogen and oxygen atoms in total. The zero-order valence-electron chi connectivity index (χ0n) is 12.4. The van der Waals surface area contributed by atoms with Gasteiger partial charge in [0.15, 0.2) is 0 Å². The fourth-order valence-electron chi connectivity index (χ4n) is 3.07. The molecule has 0 unspecified atom stereocenters. The number of carbonyl (C=O) groups is 2. The van der Waals surface area contributed by atoms with E-state index < -0.39 is 0 Å². The van der Waals surface area contributed by atoms with E-state index in [2.05, 4.69) is 0 Å². The molecule has 0 radical (unpaired) electrons. The predicted octanol–water partition coefficient (Wildman–Crippen LogP) is 2.07. The van der Waals surface area contributed by atoms with Crippen LogP contribution in [0.3, 0.4) is 0 Å². The molecule has 0 spiro atoms. The van der Waals surface area contributed by atoms with Crippen molar-refractivity contribution in [3.63, 3.8) is 0 Å². The van der Waals surface area contributed by atoms with Gasteiger partial charge in [-0.2, -0.15) is 0 Å². The minimum Gasteiger partial charge on any atom is -0.341 e. The molecule has 0 N–H and O–H groups in total. The maximum atomic E-state index is 12.4. The van der Waals surface area contributed by atoms with Gasteiger partial charge in [0.2, 0.25) is 5.91 Å². The summed E-state index contributed by atoms with van der Waals surface area (Å²) in [6, 6.07) is 7.71. The number of rotatable bonds is 2. The maximum absolute atomic E-state index is 12.4. The third kappa shape index (κ3) is 2.73. The number of piperidine rings is 1. The van der Waals surface area contributed by atoms with E-state index in [1.165, 1.54) is 6.42 Å². The number of likely N-dealkylation sites (tertiary alicyclic amines) is 1. The van der Waals surface area contributed by atoms with Gasteiger partial charge in [0.05, 0.1) is 5.69 Å². The second kappa shape index (κ2) is 5.76. The molecule has 3 rings (SSSR count). The summed E-state index contributed by atoms with van der Waals surface area (Å²) in [6.07, 6.45) is 3.32. The van der Waals surface area contributed by atoms with Crippen LogP contribution in [0.5, 0.6) is 0 Å². The van der Waals surface area contributed by atoms with E-state index in [1.807, 2.05) is 29.2 Å². The van der Waals surface area contributed by atoms with Crippen LogP contribution in [-0.4, -0.2) is 48.4 Å². The smallest absolute Gasteiger partial charge is 0.325 e. The summed E-state index contributed by atoms with van der Waals surface area (Å²) in [5.41, 5.74) is 1.96. The highest BCUT2D eigenvalue weighted by atomic mass is 16.2. The molecule has 5 heteroatoms. The first kappa shape index (κ1) is 13.9. The van der Waals surface area contributed by atoms with Gasteiger partial charge in [-0.25, -0.2) is 4.79 Å². The number of carbonyl (C=O) groups excluding carboxylic acids is 2. The Bertz CT molecular complexity index is 552. The molecule has 112 valence electrons. The van der Waals surface area contributed by atoms with E-state index in [0.29, 0.717) is 6.54 Å². The number of amides is 3. The summed E-state index contributed by atoms with van der Waals surface area (Å²) in [7, 11) is 1.77. The highest BCUT2D eigenvalue weighted by Gasteiger charge is 2.30. The molecule has 2 heterocycles. The van der Waals surface area contributed by atoms with Crippen molar-refractivity contribution in [2.24, 2.45) is 0 Å². The molecule has 1 fully saturated rings. The van der Waals surface area contributed by atoms with Crippen LogP contribution < -0.4 is 4.90 Å². The van der Waals surface area contributed by atoms with Crippen molar-refractivity contribution < 1.29 is 9.59 Å². The monoisotopic (exact) mass is 287 g/mol. The van der Waals surface area contributed by atoms with Crippen molar-refractivity contribution in [2.45, 2.75) is 25.8 Å². The van der Waals surface area contributed by atoms with E-state index in [1.54, 1.807) is 16.8 Å². The number of hydrogen-bond donors (Lipinski definition) is 0. The molecule has 0 aromatic heterocycles. The number of nitrogens with zero attached hydrogens (tertiary/aromatic N) is 3. The Morgan fingerprint density at radius 2 is 1.86 bits per heavy atom. The number of benzene rings is 1. The van der Waals surface area contributed by atoms with Gasteiger partial charge in [-0.1, -0.05) is 18.2 Å². The summed E-state index contributed by atoms with van der Waals surface area (Å²) in [5, 5.41) is 0. The van der Waals surface area contributed by atoms with Gasteiger partial charge < -0.3 is 9.80 Å². The molecule has 1 aromatic carbocycles. The van der Waals surface area contributed by atoms with Crippen molar-refractivity contribution in [2.75, 3.05) is 31.6 Å². The number of urea groups is 1. The summed E-state index contributed by atoms with van der Waals surface area (Å²) >= 11 is 0. The maximum Gasteiger partial charge on any atom is 0.325 e. The molecule has 2 aliphatic heterocycles. The summed E-state index contributed by atoms with van der Waals surface area (Å²) in [6.45, 7) is 2.38. The quantitative estimate of drug-likeness (QED) is 0.836. The van der Waals surface area contributed by atoms with Gasteiger partial charge in [0.1, 0.15) is 6.54 Å². The normalized spacial score (nSPS) is 18.7. The Morgan fingerprint density at radius 1 is 1.14 bits per heavy atom. The standard InChI is InChI=1S/C16H21N3O2/c1-17-11-13-7-3-4-8-14(13)19(16(17)21)12-15(20)18-9-5-2-6-10-18/h3-4,7-8H,2,5-6,9-12H2,1H3. The third-order valence-electron chi connectivity index (χ3n) is 4.25. The molecule has 3 amide bonds.